The summed E-state index contributed by atoms with van der Waals surface area (Å²) in [5, 5.41) is 2.97. The molecule has 0 atom stereocenters. The number of carbonyl (C=O) groups is 1. The molecule has 18 heavy (non-hydrogen) atoms. The number of carbonyl (C=O) groups excluding carboxylic acids is 1. The van der Waals surface area contributed by atoms with Gasteiger partial charge in [0.25, 0.3) is 0 Å². The fraction of sp³-hybridized carbons (Fsp3) is 0.538. The van der Waals surface area contributed by atoms with Gasteiger partial charge in [0.05, 0.1) is 0 Å². The van der Waals surface area contributed by atoms with E-state index in [1.165, 1.54) is 0 Å². The normalized spacial score (nSPS) is 16.7. The quantitative estimate of drug-likeness (QED) is 0.823. The van der Waals surface area contributed by atoms with E-state index in [2.05, 4.69) is 15.2 Å². The van der Waals surface area contributed by atoms with Gasteiger partial charge in [0.2, 0.25) is 5.91 Å². The van der Waals surface area contributed by atoms with E-state index in [4.69, 9.17) is 5.73 Å². The molecule has 1 fully saturated rings. The van der Waals surface area contributed by atoms with Crippen molar-refractivity contribution in [2.45, 2.75) is 32.4 Å². The molecule has 1 amide bonds. The number of rotatable bonds is 3. The zero-order chi connectivity index (χ0) is 13.0. The lowest BCUT2D eigenvalue weighted by molar-refractivity contribution is -0.119. The smallest absolute Gasteiger partial charge is 0.217 e. The number of pyridine rings is 1. The fourth-order valence-electron chi connectivity index (χ4n) is 2.40. The molecule has 2 heterocycles. The Balaban J connectivity index is 1.99. The summed E-state index contributed by atoms with van der Waals surface area (Å²) in [7, 11) is 0. The van der Waals surface area contributed by atoms with Crippen molar-refractivity contribution in [1.29, 1.82) is 0 Å². The predicted molar refractivity (Wildman–Crippen MR) is 71.2 cm³/mol. The van der Waals surface area contributed by atoms with Crippen LogP contribution >= 0.6 is 0 Å². The molecule has 1 aliphatic rings. The molecule has 3 N–H and O–H groups in total. The van der Waals surface area contributed by atoms with Crippen LogP contribution in [0.5, 0.6) is 0 Å². The van der Waals surface area contributed by atoms with Crippen molar-refractivity contribution in [1.82, 2.24) is 10.3 Å². The van der Waals surface area contributed by atoms with Gasteiger partial charge in [0.15, 0.2) is 0 Å². The third-order valence-corrected chi connectivity index (χ3v) is 3.29. The number of hydrogen-bond acceptors (Lipinski definition) is 4. The van der Waals surface area contributed by atoms with E-state index >= 15 is 0 Å². The highest BCUT2D eigenvalue weighted by atomic mass is 16.1. The number of nitrogens with one attached hydrogen (secondary N) is 1. The lowest BCUT2D eigenvalue weighted by Crippen LogP contribution is -2.44. The van der Waals surface area contributed by atoms with Crippen molar-refractivity contribution in [3.63, 3.8) is 0 Å². The van der Waals surface area contributed by atoms with Gasteiger partial charge in [-0.1, -0.05) is 6.07 Å². The van der Waals surface area contributed by atoms with Crippen LogP contribution in [0.2, 0.25) is 0 Å². The van der Waals surface area contributed by atoms with E-state index in [-0.39, 0.29) is 5.91 Å². The number of hydrogen-bond donors (Lipinski definition) is 2. The maximum absolute atomic E-state index is 11.0. The molecule has 5 heteroatoms. The number of anilines is 1. The van der Waals surface area contributed by atoms with Crippen LogP contribution in [0.3, 0.4) is 0 Å². The highest BCUT2D eigenvalue weighted by molar-refractivity contribution is 5.73. The van der Waals surface area contributed by atoms with Crippen LogP contribution in [0.25, 0.3) is 0 Å². The van der Waals surface area contributed by atoms with Gasteiger partial charge in [-0.2, -0.15) is 0 Å². The average Bonchev–Trinajstić information content (AvgIpc) is 2.39. The van der Waals surface area contributed by atoms with Crippen molar-refractivity contribution in [3.05, 3.63) is 23.9 Å². The summed E-state index contributed by atoms with van der Waals surface area (Å²) < 4.78 is 0. The minimum Gasteiger partial charge on any atom is -0.356 e. The van der Waals surface area contributed by atoms with Gasteiger partial charge >= 0.3 is 0 Å². The maximum Gasteiger partial charge on any atom is 0.217 e. The molecule has 1 saturated heterocycles. The second-order valence-electron chi connectivity index (χ2n) is 4.65. The molecule has 0 saturated carbocycles. The van der Waals surface area contributed by atoms with E-state index in [0.717, 1.165) is 37.3 Å². The molecule has 1 aromatic rings. The standard InChI is InChI=1S/C13H20N4O/c1-10(18)16-12-4-7-17(8-5-12)13-11(9-14)3-2-6-15-13/h2-3,6,12H,4-5,7-9,14H2,1H3,(H,16,18). The Morgan fingerprint density at radius 3 is 2.89 bits per heavy atom. The molecule has 0 radical (unpaired) electrons. The van der Waals surface area contributed by atoms with Gasteiger partial charge in [-0.05, 0) is 18.9 Å². The highest BCUT2D eigenvalue weighted by Crippen LogP contribution is 2.21. The molecule has 0 aliphatic carbocycles. The van der Waals surface area contributed by atoms with Gasteiger partial charge in [-0.15, -0.1) is 0 Å². The Labute approximate surface area is 107 Å². The molecule has 0 aromatic carbocycles. The van der Waals surface area contributed by atoms with Gasteiger partial charge in [-0.3, -0.25) is 4.79 Å². The zero-order valence-corrected chi connectivity index (χ0v) is 10.7. The molecule has 5 nitrogen and oxygen atoms in total. The molecule has 2 rings (SSSR count). The Bertz CT molecular complexity index is 413. The van der Waals surface area contributed by atoms with Crippen LogP contribution in [0.4, 0.5) is 5.82 Å². The number of aromatic nitrogens is 1. The number of nitrogens with zero attached hydrogens (tertiary/aromatic N) is 2. The van der Waals surface area contributed by atoms with E-state index in [1.54, 1.807) is 13.1 Å². The monoisotopic (exact) mass is 248 g/mol. The third-order valence-electron chi connectivity index (χ3n) is 3.29. The lowest BCUT2D eigenvalue weighted by Gasteiger charge is -2.33. The molecule has 0 bridgehead atoms. The van der Waals surface area contributed by atoms with E-state index < -0.39 is 0 Å². The Kier molecular flexibility index (Phi) is 4.15. The van der Waals surface area contributed by atoms with E-state index in [0.29, 0.717) is 12.6 Å². The maximum atomic E-state index is 11.0. The number of nitrogens with two attached hydrogens (primary N) is 1. The van der Waals surface area contributed by atoms with Crippen molar-refractivity contribution in [2.75, 3.05) is 18.0 Å². The van der Waals surface area contributed by atoms with Crippen LogP contribution in [0.1, 0.15) is 25.3 Å². The number of amides is 1. The first-order valence-electron chi connectivity index (χ1n) is 6.36. The topological polar surface area (TPSA) is 71.2 Å². The third kappa shape index (κ3) is 2.98. The van der Waals surface area contributed by atoms with Crippen LogP contribution < -0.4 is 16.0 Å². The molecular formula is C13H20N4O. The molecule has 98 valence electrons. The first kappa shape index (κ1) is 12.8. The summed E-state index contributed by atoms with van der Waals surface area (Å²) in [4.78, 5) is 17.7. The van der Waals surface area contributed by atoms with E-state index in [9.17, 15) is 4.79 Å². The summed E-state index contributed by atoms with van der Waals surface area (Å²) in [5.74, 6) is 1.04. The summed E-state index contributed by atoms with van der Waals surface area (Å²) in [5.41, 5.74) is 6.81. The summed E-state index contributed by atoms with van der Waals surface area (Å²) >= 11 is 0. The second-order valence-corrected chi connectivity index (χ2v) is 4.65. The predicted octanol–water partition coefficient (Wildman–Crippen LogP) is 0.645. The Morgan fingerprint density at radius 1 is 1.56 bits per heavy atom. The van der Waals surface area contributed by atoms with Gasteiger partial charge in [0.1, 0.15) is 5.82 Å². The van der Waals surface area contributed by atoms with E-state index in [1.807, 2.05) is 12.1 Å². The second kappa shape index (κ2) is 5.82. The van der Waals surface area contributed by atoms with Crippen LogP contribution in [-0.2, 0) is 11.3 Å². The van der Waals surface area contributed by atoms with Crippen molar-refractivity contribution in [2.24, 2.45) is 5.73 Å². The van der Waals surface area contributed by atoms with Gasteiger partial charge < -0.3 is 16.0 Å². The van der Waals surface area contributed by atoms with Crippen molar-refractivity contribution in [3.8, 4) is 0 Å². The fourth-order valence-corrected chi connectivity index (χ4v) is 2.40. The first-order chi connectivity index (χ1) is 8.70. The first-order valence-corrected chi connectivity index (χ1v) is 6.36. The van der Waals surface area contributed by atoms with Crippen molar-refractivity contribution >= 4 is 11.7 Å². The van der Waals surface area contributed by atoms with Gasteiger partial charge in [-0.25, -0.2) is 4.98 Å². The zero-order valence-electron chi connectivity index (χ0n) is 10.7. The molecule has 0 spiro atoms. The highest BCUT2D eigenvalue weighted by Gasteiger charge is 2.21. The van der Waals surface area contributed by atoms with Crippen LogP contribution in [-0.4, -0.2) is 30.0 Å². The lowest BCUT2D eigenvalue weighted by atomic mass is 10.0. The van der Waals surface area contributed by atoms with Gasteiger partial charge in [0, 0.05) is 44.4 Å². The molecular weight excluding hydrogens is 228 g/mol. The van der Waals surface area contributed by atoms with Crippen molar-refractivity contribution < 1.29 is 4.79 Å². The minimum absolute atomic E-state index is 0.0499. The largest absolute Gasteiger partial charge is 0.356 e. The Morgan fingerprint density at radius 2 is 2.28 bits per heavy atom. The average molecular weight is 248 g/mol. The summed E-state index contributed by atoms with van der Waals surface area (Å²) in [6.45, 7) is 3.90. The summed E-state index contributed by atoms with van der Waals surface area (Å²) in [6.07, 6.45) is 3.72. The Hall–Kier alpha value is -1.62. The molecule has 1 aliphatic heterocycles. The summed E-state index contributed by atoms with van der Waals surface area (Å²) in [6, 6.07) is 4.22. The SMILES string of the molecule is CC(=O)NC1CCN(c2ncccc2CN)CC1. The minimum atomic E-state index is 0.0499. The number of piperidine rings is 1. The molecule has 0 unspecified atom stereocenters. The van der Waals surface area contributed by atoms with Crippen LogP contribution in [0.15, 0.2) is 18.3 Å². The van der Waals surface area contributed by atoms with Crippen LogP contribution in [0, 0.1) is 0 Å². The molecule has 1 aromatic heterocycles.